The molecule has 45 heavy (non-hydrogen) atoms. The molecule has 0 bridgehead atoms. The minimum Gasteiger partial charge on any atom is -0.459 e. The third-order valence-electron chi connectivity index (χ3n) is 8.81. The average Bonchev–Trinajstić information content (AvgIpc) is 3.89. The van der Waals surface area contributed by atoms with Gasteiger partial charge in [-0.3, -0.25) is 14.7 Å². The first-order chi connectivity index (χ1) is 21.9. The highest BCUT2D eigenvalue weighted by Gasteiger charge is 2.35. The zero-order valence-corrected chi connectivity index (χ0v) is 26.5. The summed E-state index contributed by atoms with van der Waals surface area (Å²) in [5.41, 5.74) is 2.87. The Morgan fingerprint density at radius 1 is 1.24 bits per heavy atom. The van der Waals surface area contributed by atoms with Crippen LogP contribution >= 0.6 is 11.6 Å². The number of fused-ring (bicyclic) bond motifs is 2. The molecule has 2 atom stereocenters. The van der Waals surface area contributed by atoms with Crippen molar-refractivity contribution in [3.05, 3.63) is 70.4 Å². The number of likely N-dealkylation sites (N-methyl/N-ethyl adjacent to an activating group) is 1. The molecule has 6 rings (SSSR count). The molecule has 0 spiro atoms. The van der Waals surface area contributed by atoms with E-state index in [-0.39, 0.29) is 24.6 Å². The predicted molar refractivity (Wildman–Crippen MR) is 174 cm³/mol. The Balaban J connectivity index is 1.32. The standard InChI is InChI=1S/C33H38ClFN8O2/c1-22(19-40(3)24-9-10-24)45-33-38-28-21-41(29-18-37-16-23-6-4-7-27(34)31(23)29)13-11-26(28)32(39-33)42-14-15-43(25(20-42)17-36-2)30(44)8-5-12-35/h4-8,16,18,22,24-25H,9-15,17,19-21H2,1,3H3/b8-5+/t22-,25-/m0/s1. The zero-order chi connectivity index (χ0) is 31.5. The van der Waals surface area contributed by atoms with Crippen LogP contribution in [0.3, 0.4) is 0 Å². The smallest absolute Gasteiger partial charge is 0.318 e. The normalized spacial score (nSPS) is 19.2. The first-order valence-corrected chi connectivity index (χ1v) is 15.9. The van der Waals surface area contributed by atoms with Crippen LogP contribution in [0.2, 0.25) is 5.02 Å². The summed E-state index contributed by atoms with van der Waals surface area (Å²) in [6.07, 6.45) is 9.16. The highest BCUT2D eigenvalue weighted by molar-refractivity contribution is 6.36. The Morgan fingerprint density at radius 2 is 2.09 bits per heavy atom. The molecule has 0 N–H and O–H groups in total. The molecule has 1 saturated carbocycles. The lowest BCUT2D eigenvalue weighted by atomic mass is 10.0. The van der Waals surface area contributed by atoms with Crippen molar-refractivity contribution in [3.63, 3.8) is 0 Å². The molecule has 1 aliphatic carbocycles. The first-order valence-electron chi connectivity index (χ1n) is 15.5. The number of piperazine rings is 1. The molecule has 3 aliphatic rings. The summed E-state index contributed by atoms with van der Waals surface area (Å²) >= 11 is 6.68. The molecule has 236 valence electrons. The Bertz CT molecular complexity index is 1620. The van der Waals surface area contributed by atoms with Crippen molar-refractivity contribution >= 4 is 39.8 Å². The molecule has 0 unspecified atom stereocenters. The third-order valence-corrected chi connectivity index (χ3v) is 9.13. The summed E-state index contributed by atoms with van der Waals surface area (Å²) in [6, 6.07) is 6.43. The van der Waals surface area contributed by atoms with Crippen molar-refractivity contribution in [2.75, 3.05) is 62.8 Å². The van der Waals surface area contributed by atoms with Crippen molar-refractivity contribution in [1.82, 2.24) is 24.8 Å². The van der Waals surface area contributed by atoms with Gasteiger partial charge in [0.05, 0.1) is 29.1 Å². The van der Waals surface area contributed by atoms with Gasteiger partial charge in [0.15, 0.2) is 0 Å². The highest BCUT2D eigenvalue weighted by atomic mass is 35.5. The lowest BCUT2D eigenvalue weighted by molar-refractivity contribution is -0.128. The van der Waals surface area contributed by atoms with Gasteiger partial charge in [0.25, 0.3) is 0 Å². The summed E-state index contributed by atoms with van der Waals surface area (Å²) in [6.45, 7) is 12.4. The van der Waals surface area contributed by atoms with Crippen LogP contribution in [0.1, 0.15) is 31.0 Å². The molecule has 2 aromatic heterocycles. The minimum absolute atomic E-state index is 0.117. The molecule has 1 saturated heterocycles. The van der Waals surface area contributed by atoms with E-state index in [1.807, 2.05) is 37.5 Å². The van der Waals surface area contributed by atoms with Gasteiger partial charge in [-0.25, -0.2) is 11.0 Å². The number of benzene rings is 1. The Kier molecular flexibility index (Phi) is 9.33. The molecule has 12 heteroatoms. The van der Waals surface area contributed by atoms with Gasteiger partial charge < -0.3 is 24.3 Å². The number of anilines is 2. The number of ether oxygens (including phenoxy) is 1. The van der Waals surface area contributed by atoms with E-state index in [1.165, 1.54) is 25.0 Å². The summed E-state index contributed by atoms with van der Waals surface area (Å²) < 4.78 is 19.1. The van der Waals surface area contributed by atoms with Crippen LogP contribution < -0.4 is 14.5 Å². The molecule has 3 aromatic rings. The second kappa shape index (κ2) is 13.5. The Morgan fingerprint density at radius 3 is 2.87 bits per heavy atom. The van der Waals surface area contributed by atoms with Crippen LogP contribution in [-0.2, 0) is 17.8 Å². The first kappa shape index (κ1) is 31.0. The lowest BCUT2D eigenvalue weighted by Crippen LogP contribution is -2.56. The van der Waals surface area contributed by atoms with E-state index in [1.54, 1.807) is 4.90 Å². The fourth-order valence-electron chi connectivity index (χ4n) is 6.45. The fraction of sp³-hybridized carbons (Fsp3) is 0.485. The summed E-state index contributed by atoms with van der Waals surface area (Å²) in [5.74, 6) is 0.508. The van der Waals surface area contributed by atoms with Gasteiger partial charge in [0.1, 0.15) is 24.6 Å². The minimum atomic E-state index is -0.706. The van der Waals surface area contributed by atoms with Crippen molar-refractivity contribution in [1.29, 1.82) is 0 Å². The van der Waals surface area contributed by atoms with E-state index >= 15 is 0 Å². The van der Waals surface area contributed by atoms with E-state index < -0.39 is 6.67 Å². The van der Waals surface area contributed by atoms with Gasteiger partial charge in [0, 0.05) is 67.4 Å². The molecular formula is C33H38ClFN8O2. The summed E-state index contributed by atoms with van der Waals surface area (Å²) in [4.78, 5) is 39.2. The molecule has 4 heterocycles. The number of amides is 1. The molecule has 10 nitrogen and oxygen atoms in total. The van der Waals surface area contributed by atoms with E-state index in [0.29, 0.717) is 49.7 Å². The molecule has 1 amide bonds. The highest BCUT2D eigenvalue weighted by Crippen LogP contribution is 2.37. The van der Waals surface area contributed by atoms with Gasteiger partial charge in [0.2, 0.25) is 12.5 Å². The van der Waals surface area contributed by atoms with Gasteiger partial charge in [-0.15, -0.1) is 0 Å². The van der Waals surface area contributed by atoms with Crippen LogP contribution in [0.25, 0.3) is 15.6 Å². The van der Waals surface area contributed by atoms with Crippen molar-refractivity contribution in [2.24, 2.45) is 0 Å². The predicted octanol–water partition coefficient (Wildman–Crippen LogP) is 4.56. The number of carbonyl (C=O) groups excluding carboxylic acids is 1. The number of hydrogen-bond donors (Lipinski definition) is 0. The summed E-state index contributed by atoms with van der Waals surface area (Å²) in [7, 11) is 2.12. The van der Waals surface area contributed by atoms with E-state index in [9.17, 15) is 9.18 Å². The second-order valence-corrected chi connectivity index (χ2v) is 12.5. The van der Waals surface area contributed by atoms with Crippen molar-refractivity contribution in [2.45, 2.75) is 50.9 Å². The maximum atomic E-state index is 12.8. The number of halogens is 2. The summed E-state index contributed by atoms with van der Waals surface area (Å²) in [5, 5.41) is 2.62. The van der Waals surface area contributed by atoms with Crippen LogP contribution in [0, 0.1) is 6.57 Å². The number of hydrogen-bond acceptors (Lipinski definition) is 8. The maximum absolute atomic E-state index is 12.8. The lowest BCUT2D eigenvalue weighted by Gasteiger charge is -2.41. The van der Waals surface area contributed by atoms with Crippen LogP contribution in [0.4, 0.5) is 15.9 Å². The fourth-order valence-corrected chi connectivity index (χ4v) is 6.73. The van der Waals surface area contributed by atoms with Crippen LogP contribution in [-0.4, -0.2) is 102 Å². The second-order valence-electron chi connectivity index (χ2n) is 12.1. The molecular weight excluding hydrogens is 595 g/mol. The Labute approximate surface area is 268 Å². The number of aromatic nitrogens is 3. The Hall–Kier alpha value is -4.01. The number of carbonyl (C=O) groups is 1. The van der Waals surface area contributed by atoms with Crippen molar-refractivity contribution < 1.29 is 13.9 Å². The largest absolute Gasteiger partial charge is 0.459 e. The van der Waals surface area contributed by atoms with Gasteiger partial charge >= 0.3 is 6.01 Å². The van der Waals surface area contributed by atoms with Gasteiger partial charge in [-0.2, -0.15) is 9.97 Å². The maximum Gasteiger partial charge on any atom is 0.318 e. The molecule has 2 aliphatic heterocycles. The van der Waals surface area contributed by atoms with Crippen molar-refractivity contribution in [3.8, 4) is 6.01 Å². The monoisotopic (exact) mass is 632 g/mol. The number of nitrogens with zero attached hydrogens (tertiary/aromatic N) is 8. The van der Waals surface area contributed by atoms with E-state index in [4.69, 9.17) is 32.9 Å². The van der Waals surface area contributed by atoms with E-state index in [0.717, 1.165) is 46.6 Å². The van der Waals surface area contributed by atoms with E-state index in [2.05, 4.69) is 31.6 Å². The number of alkyl halides is 1. The zero-order valence-electron chi connectivity index (χ0n) is 25.7. The number of allylic oxidation sites excluding steroid dienone is 1. The van der Waals surface area contributed by atoms with Crippen LogP contribution in [0.5, 0.6) is 6.01 Å². The van der Waals surface area contributed by atoms with Gasteiger partial charge in [-0.05, 0) is 45.4 Å². The average molecular weight is 633 g/mol. The quantitative estimate of drug-likeness (QED) is 0.238. The molecule has 1 aromatic carbocycles. The SMILES string of the molecule is [C-]#[N+]C[C@H]1CN(c2nc(O[C@@H](C)CN(C)C3CC3)nc3c2CCN(c2cncc4cccc(Cl)c24)C3)CCN1C(=O)/C=C/CF. The number of pyridine rings is 1. The van der Waals surface area contributed by atoms with Crippen LogP contribution in [0.15, 0.2) is 42.7 Å². The van der Waals surface area contributed by atoms with Gasteiger partial charge in [-0.1, -0.05) is 23.7 Å². The molecule has 2 fully saturated rings. The number of rotatable bonds is 10. The third kappa shape index (κ3) is 6.82. The molecule has 0 radical (unpaired) electrons. The topological polar surface area (TPSA) is 82.3 Å².